The third kappa shape index (κ3) is 5.70. The van der Waals surface area contributed by atoms with Gasteiger partial charge >= 0.3 is 6.18 Å². The SMILES string of the molecule is CCN(C(C)CN(C)C)C(CCN)C(F)(F)F. The van der Waals surface area contributed by atoms with Gasteiger partial charge in [-0.3, -0.25) is 4.90 Å². The summed E-state index contributed by atoms with van der Waals surface area (Å²) in [5, 5.41) is 0. The number of nitrogens with zero attached hydrogens (tertiary/aromatic N) is 2. The average molecular weight is 255 g/mol. The molecule has 2 unspecified atom stereocenters. The molecule has 0 bridgehead atoms. The van der Waals surface area contributed by atoms with Crippen molar-refractivity contribution < 1.29 is 13.2 Å². The van der Waals surface area contributed by atoms with Crippen LogP contribution in [0.4, 0.5) is 13.2 Å². The minimum absolute atomic E-state index is 0.0465. The highest BCUT2D eigenvalue weighted by atomic mass is 19.4. The summed E-state index contributed by atoms with van der Waals surface area (Å²) in [5.74, 6) is 0. The third-order valence-corrected chi connectivity index (χ3v) is 2.78. The van der Waals surface area contributed by atoms with Gasteiger partial charge in [-0.2, -0.15) is 13.2 Å². The fourth-order valence-corrected chi connectivity index (χ4v) is 2.15. The van der Waals surface area contributed by atoms with Gasteiger partial charge in [0, 0.05) is 12.6 Å². The molecule has 0 amide bonds. The van der Waals surface area contributed by atoms with Crippen molar-refractivity contribution >= 4 is 0 Å². The van der Waals surface area contributed by atoms with Gasteiger partial charge in [0.25, 0.3) is 0 Å². The molecule has 0 fully saturated rings. The third-order valence-electron chi connectivity index (χ3n) is 2.78. The maximum absolute atomic E-state index is 12.9. The predicted octanol–water partition coefficient (Wildman–Crippen LogP) is 1.54. The highest BCUT2D eigenvalue weighted by molar-refractivity contribution is 4.83. The van der Waals surface area contributed by atoms with E-state index in [9.17, 15) is 13.2 Å². The van der Waals surface area contributed by atoms with Gasteiger partial charge in [0.2, 0.25) is 0 Å². The van der Waals surface area contributed by atoms with Crippen LogP contribution < -0.4 is 5.73 Å². The van der Waals surface area contributed by atoms with E-state index in [4.69, 9.17) is 5.73 Å². The quantitative estimate of drug-likeness (QED) is 0.749. The van der Waals surface area contributed by atoms with Crippen LogP contribution in [0.2, 0.25) is 0 Å². The van der Waals surface area contributed by atoms with Crippen molar-refractivity contribution in [3.05, 3.63) is 0 Å². The minimum Gasteiger partial charge on any atom is -0.330 e. The lowest BCUT2D eigenvalue weighted by Gasteiger charge is -2.37. The second kappa shape index (κ2) is 7.18. The Morgan fingerprint density at radius 1 is 1.24 bits per heavy atom. The van der Waals surface area contributed by atoms with Crippen molar-refractivity contribution in [2.75, 3.05) is 33.7 Å². The first kappa shape index (κ1) is 16.7. The van der Waals surface area contributed by atoms with E-state index in [0.29, 0.717) is 13.1 Å². The molecule has 0 saturated heterocycles. The largest absolute Gasteiger partial charge is 0.404 e. The molecule has 2 atom stereocenters. The van der Waals surface area contributed by atoms with Crippen LogP contribution in [-0.4, -0.2) is 61.8 Å². The Morgan fingerprint density at radius 2 is 1.76 bits per heavy atom. The van der Waals surface area contributed by atoms with E-state index < -0.39 is 12.2 Å². The molecule has 0 saturated carbocycles. The Hall–Kier alpha value is -0.330. The van der Waals surface area contributed by atoms with E-state index in [0.717, 1.165) is 0 Å². The first-order valence-corrected chi connectivity index (χ1v) is 5.91. The first-order valence-electron chi connectivity index (χ1n) is 5.91. The zero-order valence-electron chi connectivity index (χ0n) is 11.1. The molecular formula is C11H24F3N3. The normalized spacial score (nSPS) is 16.6. The minimum atomic E-state index is -4.21. The Kier molecular flexibility index (Phi) is 7.04. The maximum Gasteiger partial charge on any atom is 0.404 e. The summed E-state index contributed by atoms with van der Waals surface area (Å²) in [6.07, 6.45) is -4.26. The molecule has 0 aromatic heterocycles. The summed E-state index contributed by atoms with van der Waals surface area (Å²) >= 11 is 0. The molecular weight excluding hydrogens is 231 g/mol. The number of likely N-dealkylation sites (N-methyl/N-ethyl adjacent to an activating group) is 2. The molecule has 0 rings (SSSR count). The summed E-state index contributed by atoms with van der Waals surface area (Å²) in [5.41, 5.74) is 5.28. The second-order valence-corrected chi connectivity index (χ2v) is 4.58. The molecule has 6 heteroatoms. The van der Waals surface area contributed by atoms with Gasteiger partial charge in [-0.1, -0.05) is 6.92 Å². The lowest BCUT2D eigenvalue weighted by molar-refractivity contribution is -0.190. The summed E-state index contributed by atoms with van der Waals surface area (Å²) in [6.45, 7) is 4.60. The lowest BCUT2D eigenvalue weighted by Crippen LogP contribution is -2.53. The summed E-state index contributed by atoms with van der Waals surface area (Å²) in [6, 6.07) is -1.58. The van der Waals surface area contributed by atoms with E-state index >= 15 is 0 Å². The van der Waals surface area contributed by atoms with Crippen LogP contribution in [0, 0.1) is 0 Å². The molecule has 0 aliphatic heterocycles. The van der Waals surface area contributed by atoms with Crippen molar-refractivity contribution in [1.82, 2.24) is 9.80 Å². The van der Waals surface area contributed by atoms with Crippen molar-refractivity contribution in [3.8, 4) is 0 Å². The fourth-order valence-electron chi connectivity index (χ4n) is 2.15. The molecule has 17 heavy (non-hydrogen) atoms. The monoisotopic (exact) mass is 255 g/mol. The number of nitrogens with two attached hydrogens (primary N) is 1. The molecule has 0 aromatic carbocycles. The molecule has 3 nitrogen and oxygen atoms in total. The Balaban J connectivity index is 4.77. The van der Waals surface area contributed by atoms with Crippen LogP contribution in [0.5, 0.6) is 0 Å². The fraction of sp³-hybridized carbons (Fsp3) is 1.00. The van der Waals surface area contributed by atoms with E-state index in [1.807, 2.05) is 25.9 Å². The zero-order chi connectivity index (χ0) is 13.6. The standard InChI is InChI=1S/C11H24F3N3/c1-5-17(9(2)8-16(3)4)10(6-7-15)11(12,13)14/h9-10H,5-8,15H2,1-4H3. The number of hydrogen-bond donors (Lipinski definition) is 1. The van der Waals surface area contributed by atoms with Gasteiger partial charge in [-0.15, -0.1) is 0 Å². The molecule has 0 aromatic rings. The number of alkyl halides is 3. The van der Waals surface area contributed by atoms with Crippen molar-refractivity contribution in [1.29, 1.82) is 0 Å². The van der Waals surface area contributed by atoms with E-state index in [1.165, 1.54) is 4.90 Å². The van der Waals surface area contributed by atoms with E-state index in [-0.39, 0.29) is 19.0 Å². The highest BCUT2D eigenvalue weighted by Crippen LogP contribution is 2.28. The lowest BCUT2D eigenvalue weighted by atomic mass is 10.1. The number of rotatable bonds is 7. The van der Waals surface area contributed by atoms with Gasteiger partial charge in [0.1, 0.15) is 6.04 Å². The van der Waals surface area contributed by atoms with Crippen LogP contribution in [0.3, 0.4) is 0 Å². The van der Waals surface area contributed by atoms with Crippen molar-refractivity contribution in [2.45, 2.75) is 38.5 Å². The Labute approximate surface area is 102 Å². The van der Waals surface area contributed by atoms with Crippen LogP contribution >= 0.6 is 0 Å². The predicted molar refractivity (Wildman–Crippen MR) is 63.9 cm³/mol. The maximum atomic E-state index is 12.9. The topological polar surface area (TPSA) is 32.5 Å². The molecule has 0 aliphatic rings. The average Bonchev–Trinajstić information content (AvgIpc) is 2.14. The molecule has 0 radical (unpaired) electrons. The number of hydrogen-bond acceptors (Lipinski definition) is 3. The van der Waals surface area contributed by atoms with Crippen molar-refractivity contribution in [2.24, 2.45) is 5.73 Å². The Morgan fingerprint density at radius 3 is 2.06 bits per heavy atom. The van der Waals surface area contributed by atoms with Gasteiger partial charge in [0.15, 0.2) is 0 Å². The van der Waals surface area contributed by atoms with Crippen LogP contribution in [-0.2, 0) is 0 Å². The van der Waals surface area contributed by atoms with E-state index in [2.05, 4.69) is 0 Å². The smallest absolute Gasteiger partial charge is 0.330 e. The first-order chi connectivity index (χ1) is 7.73. The van der Waals surface area contributed by atoms with Crippen molar-refractivity contribution in [3.63, 3.8) is 0 Å². The van der Waals surface area contributed by atoms with Crippen LogP contribution in [0.15, 0.2) is 0 Å². The zero-order valence-corrected chi connectivity index (χ0v) is 11.1. The molecule has 104 valence electrons. The van der Waals surface area contributed by atoms with Crippen LogP contribution in [0.1, 0.15) is 20.3 Å². The Bertz CT molecular complexity index is 207. The molecule has 0 heterocycles. The number of halogens is 3. The molecule has 0 aliphatic carbocycles. The van der Waals surface area contributed by atoms with Gasteiger partial charge in [-0.05, 0) is 40.5 Å². The summed E-state index contributed by atoms with van der Waals surface area (Å²) in [4.78, 5) is 3.37. The highest BCUT2D eigenvalue weighted by Gasteiger charge is 2.43. The van der Waals surface area contributed by atoms with Gasteiger partial charge in [-0.25, -0.2) is 0 Å². The van der Waals surface area contributed by atoms with E-state index in [1.54, 1.807) is 6.92 Å². The molecule has 2 N–H and O–H groups in total. The van der Waals surface area contributed by atoms with Gasteiger partial charge in [0.05, 0.1) is 0 Å². The second-order valence-electron chi connectivity index (χ2n) is 4.58. The molecule has 0 spiro atoms. The summed E-state index contributed by atoms with van der Waals surface area (Å²) < 4.78 is 38.8. The summed E-state index contributed by atoms with van der Waals surface area (Å²) in [7, 11) is 3.71. The van der Waals surface area contributed by atoms with Crippen LogP contribution in [0.25, 0.3) is 0 Å². The van der Waals surface area contributed by atoms with Gasteiger partial charge < -0.3 is 10.6 Å².